The van der Waals surface area contributed by atoms with E-state index in [-0.39, 0.29) is 30.9 Å². The lowest BCUT2D eigenvalue weighted by Crippen LogP contribution is -2.40. The summed E-state index contributed by atoms with van der Waals surface area (Å²) in [5, 5.41) is 12.1. The number of benzene rings is 2. The van der Waals surface area contributed by atoms with Crippen molar-refractivity contribution in [3.8, 4) is 17.2 Å². The largest absolute Gasteiger partial charge is 0.508 e. The van der Waals surface area contributed by atoms with E-state index in [4.69, 9.17) is 21.7 Å². The van der Waals surface area contributed by atoms with Gasteiger partial charge in [0.1, 0.15) is 16.6 Å². The number of nitrogens with one attached hydrogen (secondary N) is 1. The predicted molar refractivity (Wildman–Crippen MR) is 117 cm³/mol. The van der Waals surface area contributed by atoms with Gasteiger partial charge in [-0.15, -0.1) is 0 Å². The van der Waals surface area contributed by atoms with Gasteiger partial charge in [-0.2, -0.15) is 0 Å². The molecule has 0 bridgehead atoms. The van der Waals surface area contributed by atoms with Gasteiger partial charge in [-0.25, -0.2) is 0 Å². The van der Waals surface area contributed by atoms with Crippen LogP contribution in [-0.4, -0.2) is 46.0 Å². The molecule has 2 heterocycles. The number of carbonyl (C=O) groups excluding carboxylic acids is 2. The number of phenolic OH excluding ortho intramolecular Hbond substituents is 1. The minimum Gasteiger partial charge on any atom is -0.508 e. The Balaban J connectivity index is 1.33. The van der Waals surface area contributed by atoms with Gasteiger partial charge < -0.3 is 19.9 Å². The van der Waals surface area contributed by atoms with Gasteiger partial charge in [0.2, 0.25) is 12.7 Å². The zero-order chi connectivity index (χ0) is 21.1. The van der Waals surface area contributed by atoms with Crippen LogP contribution in [0.4, 0.5) is 0 Å². The number of fused-ring (bicyclic) bond motifs is 1. The van der Waals surface area contributed by atoms with Crippen LogP contribution in [0.1, 0.15) is 11.1 Å². The monoisotopic (exact) mass is 442 g/mol. The summed E-state index contributed by atoms with van der Waals surface area (Å²) in [5.74, 6) is 0.924. The molecule has 0 aliphatic carbocycles. The van der Waals surface area contributed by atoms with Gasteiger partial charge in [0.25, 0.3) is 5.91 Å². The lowest BCUT2D eigenvalue weighted by molar-refractivity contribution is -0.128. The molecule has 2 aromatic carbocycles. The number of phenols is 1. The third-order valence-corrected chi connectivity index (χ3v) is 5.92. The van der Waals surface area contributed by atoms with Gasteiger partial charge in [-0.1, -0.05) is 42.2 Å². The fourth-order valence-corrected chi connectivity index (χ4v) is 4.25. The highest BCUT2D eigenvalue weighted by Crippen LogP contribution is 2.36. The average Bonchev–Trinajstić information content (AvgIpc) is 3.29. The van der Waals surface area contributed by atoms with Gasteiger partial charge >= 0.3 is 0 Å². The van der Waals surface area contributed by atoms with E-state index < -0.39 is 0 Å². The first-order chi connectivity index (χ1) is 14.5. The smallest absolute Gasteiger partial charge is 0.266 e. The Morgan fingerprint density at radius 1 is 1.20 bits per heavy atom. The molecular formula is C21H18N2O5S2. The average molecular weight is 443 g/mol. The number of hydrogen-bond acceptors (Lipinski definition) is 7. The molecule has 1 saturated heterocycles. The molecule has 2 aliphatic rings. The molecule has 0 spiro atoms. The maximum absolute atomic E-state index is 12.7. The Morgan fingerprint density at radius 2 is 1.97 bits per heavy atom. The molecule has 0 saturated carbocycles. The van der Waals surface area contributed by atoms with E-state index >= 15 is 0 Å². The van der Waals surface area contributed by atoms with E-state index in [0.29, 0.717) is 33.7 Å². The third-order valence-electron chi connectivity index (χ3n) is 4.54. The summed E-state index contributed by atoms with van der Waals surface area (Å²) in [6, 6.07) is 12.2. The van der Waals surface area contributed by atoms with E-state index in [9.17, 15) is 14.7 Å². The molecule has 2 amide bonds. The zero-order valence-corrected chi connectivity index (χ0v) is 17.4. The lowest BCUT2D eigenvalue weighted by Gasteiger charge is -2.14. The van der Waals surface area contributed by atoms with Crippen molar-refractivity contribution in [2.75, 3.05) is 19.9 Å². The maximum atomic E-state index is 12.7. The normalized spacial score (nSPS) is 16.4. The number of thioether (sulfide) groups is 1. The Morgan fingerprint density at radius 3 is 2.77 bits per heavy atom. The van der Waals surface area contributed by atoms with Gasteiger partial charge in [0.05, 0.1) is 4.91 Å². The third kappa shape index (κ3) is 4.58. The molecule has 9 heteroatoms. The molecule has 2 N–H and O–H groups in total. The molecule has 0 aromatic heterocycles. The van der Waals surface area contributed by atoms with Crippen LogP contribution in [0, 0.1) is 0 Å². The summed E-state index contributed by atoms with van der Waals surface area (Å²) in [5.41, 5.74) is 1.78. The number of rotatable bonds is 6. The second kappa shape index (κ2) is 8.76. The van der Waals surface area contributed by atoms with Gasteiger partial charge in [-0.3, -0.25) is 14.5 Å². The van der Waals surface area contributed by atoms with Crippen molar-refractivity contribution >= 4 is 46.2 Å². The number of aromatic hydroxyl groups is 1. The summed E-state index contributed by atoms with van der Waals surface area (Å²) in [6.45, 7) is 0.479. The van der Waals surface area contributed by atoms with Crippen LogP contribution < -0.4 is 14.8 Å². The van der Waals surface area contributed by atoms with Crippen LogP contribution in [0.3, 0.4) is 0 Å². The van der Waals surface area contributed by atoms with Crippen molar-refractivity contribution < 1.29 is 24.2 Å². The maximum Gasteiger partial charge on any atom is 0.266 e. The highest BCUT2D eigenvalue weighted by molar-refractivity contribution is 8.26. The van der Waals surface area contributed by atoms with E-state index in [2.05, 4.69) is 5.32 Å². The molecule has 2 aromatic rings. The van der Waals surface area contributed by atoms with Crippen molar-refractivity contribution in [1.29, 1.82) is 0 Å². The van der Waals surface area contributed by atoms with Crippen LogP contribution in [0.5, 0.6) is 17.2 Å². The standard InChI is InChI=1S/C21H18N2O5S2/c24-15-4-1-13(2-5-15)7-8-22-19(25)11-23-20(26)18(30-21(23)29)10-14-3-6-16-17(9-14)28-12-27-16/h1-6,9-10,24H,7-8,11-12H2,(H,22,25)/b18-10-. The van der Waals surface area contributed by atoms with Crippen LogP contribution in [-0.2, 0) is 16.0 Å². The van der Waals surface area contributed by atoms with E-state index in [1.807, 2.05) is 6.07 Å². The summed E-state index contributed by atoms with van der Waals surface area (Å²) in [6.07, 6.45) is 2.35. The quantitative estimate of drug-likeness (QED) is 0.525. The number of amides is 2. The first kappa shape index (κ1) is 20.2. The number of ether oxygens (including phenoxy) is 2. The molecule has 2 aliphatic heterocycles. The Bertz CT molecular complexity index is 1040. The lowest BCUT2D eigenvalue weighted by atomic mass is 10.1. The van der Waals surface area contributed by atoms with Crippen LogP contribution >= 0.6 is 24.0 Å². The first-order valence-corrected chi connectivity index (χ1v) is 10.4. The summed E-state index contributed by atoms with van der Waals surface area (Å²) >= 11 is 6.46. The van der Waals surface area contributed by atoms with Crippen molar-refractivity contribution in [1.82, 2.24) is 10.2 Å². The Labute approximate surface area is 182 Å². The van der Waals surface area contributed by atoms with E-state index in [1.54, 1.807) is 42.5 Å². The summed E-state index contributed by atoms with van der Waals surface area (Å²) in [7, 11) is 0. The molecule has 4 rings (SSSR count). The van der Waals surface area contributed by atoms with Gasteiger partial charge in [-0.05, 0) is 47.9 Å². The Kier molecular flexibility index (Phi) is 5.91. The molecule has 154 valence electrons. The molecule has 1 fully saturated rings. The number of carbonyl (C=O) groups is 2. The van der Waals surface area contributed by atoms with Crippen molar-refractivity contribution in [2.45, 2.75) is 6.42 Å². The second-order valence-corrected chi connectivity index (χ2v) is 8.32. The van der Waals surface area contributed by atoms with Crippen molar-refractivity contribution in [2.24, 2.45) is 0 Å². The van der Waals surface area contributed by atoms with Gasteiger partial charge in [0, 0.05) is 6.54 Å². The van der Waals surface area contributed by atoms with Gasteiger partial charge in [0.15, 0.2) is 11.5 Å². The Hall–Kier alpha value is -3.04. The summed E-state index contributed by atoms with van der Waals surface area (Å²) in [4.78, 5) is 26.7. The van der Waals surface area contributed by atoms with Crippen LogP contribution in [0.15, 0.2) is 47.4 Å². The number of thiocarbonyl (C=S) groups is 1. The minimum absolute atomic E-state index is 0.126. The first-order valence-electron chi connectivity index (χ1n) is 9.19. The zero-order valence-electron chi connectivity index (χ0n) is 15.8. The molecular weight excluding hydrogens is 424 g/mol. The molecule has 0 unspecified atom stereocenters. The highest BCUT2D eigenvalue weighted by atomic mass is 32.2. The molecule has 30 heavy (non-hydrogen) atoms. The summed E-state index contributed by atoms with van der Waals surface area (Å²) < 4.78 is 11.0. The highest BCUT2D eigenvalue weighted by Gasteiger charge is 2.33. The molecule has 0 atom stereocenters. The van der Waals surface area contributed by atoms with E-state index in [0.717, 1.165) is 11.1 Å². The van der Waals surface area contributed by atoms with Crippen molar-refractivity contribution in [3.63, 3.8) is 0 Å². The van der Waals surface area contributed by atoms with Crippen LogP contribution in [0.25, 0.3) is 6.08 Å². The number of nitrogens with zero attached hydrogens (tertiary/aromatic N) is 1. The topological polar surface area (TPSA) is 88.1 Å². The SMILES string of the molecule is O=C(CN1C(=O)/C(=C/c2ccc3c(c2)OCO3)SC1=S)NCCc1ccc(O)cc1. The molecule has 0 radical (unpaired) electrons. The number of hydrogen-bond donors (Lipinski definition) is 2. The van der Waals surface area contributed by atoms with Crippen LogP contribution in [0.2, 0.25) is 0 Å². The molecule has 7 nitrogen and oxygen atoms in total. The minimum atomic E-state index is -0.295. The fraction of sp³-hybridized carbons (Fsp3) is 0.190. The van der Waals surface area contributed by atoms with Crippen molar-refractivity contribution in [3.05, 3.63) is 58.5 Å². The fourth-order valence-electron chi connectivity index (χ4n) is 3.00. The second-order valence-electron chi connectivity index (χ2n) is 6.65. The van der Waals surface area contributed by atoms with E-state index in [1.165, 1.54) is 16.7 Å². The predicted octanol–water partition coefficient (Wildman–Crippen LogP) is 2.68.